The van der Waals surface area contributed by atoms with E-state index in [2.05, 4.69) is 15.3 Å². The van der Waals surface area contributed by atoms with Crippen LogP contribution in [0.15, 0.2) is 6.20 Å². The molecule has 8 heteroatoms. The van der Waals surface area contributed by atoms with E-state index < -0.39 is 0 Å². The molecular formula is C13H18ClN5O2. The Bertz CT molecular complexity index is 547. The number of carbonyl (C=O) groups is 2. The van der Waals surface area contributed by atoms with Gasteiger partial charge in [-0.05, 0) is 13.8 Å². The highest BCUT2D eigenvalue weighted by molar-refractivity contribution is 6.33. The molecule has 2 rings (SSSR count). The monoisotopic (exact) mass is 311 g/mol. The van der Waals surface area contributed by atoms with E-state index in [0.717, 1.165) is 13.1 Å². The Balaban J connectivity index is 2.27. The molecule has 0 radical (unpaired) electrons. The first kappa shape index (κ1) is 15.5. The normalized spacial score (nSPS) is 14.8. The number of hydrogen-bond acceptors (Lipinski definition) is 5. The average molecular weight is 312 g/mol. The van der Waals surface area contributed by atoms with Gasteiger partial charge in [0, 0.05) is 26.2 Å². The number of aromatic nitrogens is 2. The minimum Gasteiger partial charge on any atom is -0.353 e. The van der Waals surface area contributed by atoms with Crippen molar-refractivity contribution in [2.24, 2.45) is 0 Å². The standard InChI is InChI=1S/C13H18ClN5O2/c1-3-18(4-2)13-16-7-9(14)11(17-13)12(21)19-6-5-15-10(20)8-19/h7H,3-6,8H2,1-2H3,(H,15,20). The molecule has 1 N–H and O–H groups in total. The van der Waals surface area contributed by atoms with Gasteiger partial charge in [-0.15, -0.1) is 0 Å². The summed E-state index contributed by atoms with van der Waals surface area (Å²) in [5.74, 6) is -0.0522. The summed E-state index contributed by atoms with van der Waals surface area (Å²) in [6.07, 6.45) is 1.43. The van der Waals surface area contributed by atoms with Crippen molar-refractivity contribution in [2.45, 2.75) is 13.8 Å². The number of rotatable bonds is 4. The van der Waals surface area contributed by atoms with E-state index in [9.17, 15) is 9.59 Å². The van der Waals surface area contributed by atoms with Gasteiger partial charge in [-0.3, -0.25) is 9.59 Å². The van der Waals surface area contributed by atoms with E-state index in [4.69, 9.17) is 11.6 Å². The minimum absolute atomic E-state index is 0.0275. The predicted molar refractivity (Wildman–Crippen MR) is 79.5 cm³/mol. The highest BCUT2D eigenvalue weighted by Gasteiger charge is 2.26. The maximum absolute atomic E-state index is 12.5. The van der Waals surface area contributed by atoms with Gasteiger partial charge in [0.1, 0.15) is 0 Å². The molecule has 0 aromatic carbocycles. The molecule has 0 bridgehead atoms. The van der Waals surface area contributed by atoms with Crippen molar-refractivity contribution in [3.63, 3.8) is 0 Å². The van der Waals surface area contributed by atoms with Crippen LogP contribution in [0, 0.1) is 0 Å². The molecule has 0 spiro atoms. The van der Waals surface area contributed by atoms with Crippen LogP contribution in [0.25, 0.3) is 0 Å². The molecule has 7 nitrogen and oxygen atoms in total. The first-order valence-electron chi connectivity index (χ1n) is 6.90. The Labute approximate surface area is 128 Å². The summed E-state index contributed by atoms with van der Waals surface area (Å²) in [5.41, 5.74) is 0.142. The fraction of sp³-hybridized carbons (Fsp3) is 0.538. The van der Waals surface area contributed by atoms with Crippen LogP contribution >= 0.6 is 11.6 Å². The Morgan fingerprint density at radius 2 is 2.19 bits per heavy atom. The second-order valence-corrected chi connectivity index (χ2v) is 5.02. The molecule has 0 atom stereocenters. The van der Waals surface area contributed by atoms with Crippen LogP contribution in [0.2, 0.25) is 5.02 Å². The van der Waals surface area contributed by atoms with Gasteiger partial charge in [0.2, 0.25) is 11.9 Å². The van der Waals surface area contributed by atoms with Crippen molar-refractivity contribution in [1.29, 1.82) is 0 Å². The van der Waals surface area contributed by atoms with E-state index in [0.29, 0.717) is 19.0 Å². The maximum Gasteiger partial charge on any atom is 0.274 e. The van der Waals surface area contributed by atoms with Crippen molar-refractivity contribution in [3.8, 4) is 0 Å². The zero-order valence-electron chi connectivity index (χ0n) is 12.1. The van der Waals surface area contributed by atoms with Crippen LogP contribution in [0.3, 0.4) is 0 Å². The van der Waals surface area contributed by atoms with Crippen LogP contribution in [-0.4, -0.2) is 59.4 Å². The van der Waals surface area contributed by atoms with E-state index in [1.807, 2.05) is 18.7 Å². The minimum atomic E-state index is -0.342. The van der Waals surface area contributed by atoms with Gasteiger partial charge in [0.05, 0.1) is 17.8 Å². The number of piperazine rings is 1. The summed E-state index contributed by atoms with van der Waals surface area (Å²) in [7, 11) is 0. The third kappa shape index (κ3) is 3.41. The van der Waals surface area contributed by atoms with Gasteiger partial charge < -0.3 is 15.1 Å². The van der Waals surface area contributed by atoms with Gasteiger partial charge in [0.15, 0.2) is 5.69 Å². The summed E-state index contributed by atoms with van der Waals surface area (Å²) < 4.78 is 0. The summed E-state index contributed by atoms with van der Waals surface area (Å²) >= 11 is 6.05. The van der Waals surface area contributed by atoms with Crippen molar-refractivity contribution in [3.05, 3.63) is 16.9 Å². The highest BCUT2D eigenvalue weighted by atomic mass is 35.5. The quantitative estimate of drug-likeness (QED) is 0.878. The van der Waals surface area contributed by atoms with Gasteiger partial charge in [-0.1, -0.05) is 11.6 Å². The second kappa shape index (κ2) is 6.71. The molecule has 0 aliphatic carbocycles. The molecule has 1 fully saturated rings. The van der Waals surface area contributed by atoms with Crippen molar-refractivity contribution in [1.82, 2.24) is 20.2 Å². The van der Waals surface area contributed by atoms with E-state index >= 15 is 0 Å². The summed E-state index contributed by atoms with van der Waals surface area (Å²) in [6.45, 7) is 6.35. The number of amides is 2. The first-order valence-corrected chi connectivity index (χ1v) is 7.28. The molecule has 21 heavy (non-hydrogen) atoms. The topological polar surface area (TPSA) is 78.4 Å². The number of hydrogen-bond donors (Lipinski definition) is 1. The van der Waals surface area contributed by atoms with Gasteiger partial charge in [0.25, 0.3) is 5.91 Å². The fourth-order valence-corrected chi connectivity index (χ4v) is 2.30. The molecule has 1 aromatic heterocycles. The summed E-state index contributed by atoms with van der Waals surface area (Å²) in [6, 6.07) is 0. The summed E-state index contributed by atoms with van der Waals surface area (Å²) in [4.78, 5) is 35.7. The molecular weight excluding hydrogens is 294 g/mol. The van der Waals surface area contributed by atoms with Crippen molar-refractivity contribution in [2.75, 3.05) is 37.6 Å². The molecule has 2 amide bonds. The molecule has 1 aliphatic heterocycles. The van der Waals surface area contributed by atoms with Crippen LogP contribution in [-0.2, 0) is 4.79 Å². The van der Waals surface area contributed by atoms with Crippen LogP contribution in [0.1, 0.15) is 24.3 Å². The van der Waals surface area contributed by atoms with Crippen molar-refractivity contribution < 1.29 is 9.59 Å². The van der Waals surface area contributed by atoms with E-state index in [1.165, 1.54) is 11.1 Å². The number of nitrogens with zero attached hydrogens (tertiary/aromatic N) is 4. The molecule has 1 aromatic rings. The highest BCUT2D eigenvalue weighted by Crippen LogP contribution is 2.18. The van der Waals surface area contributed by atoms with Gasteiger partial charge in [-0.2, -0.15) is 0 Å². The second-order valence-electron chi connectivity index (χ2n) is 4.62. The fourth-order valence-electron chi connectivity index (χ4n) is 2.13. The Morgan fingerprint density at radius 3 is 2.81 bits per heavy atom. The largest absolute Gasteiger partial charge is 0.353 e. The number of nitrogens with one attached hydrogen (secondary N) is 1. The Hall–Kier alpha value is -1.89. The Kier molecular flexibility index (Phi) is 4.95. The van der Waals surface area contributed by atoms with Gasteiger partial charge in [-0.25, -0.2) is 9.97 Å². The van der Waals surface area contributed by atoms with Gasteiger partial charge >= 0.3 is 0 Å². The zero-order chi connectivity index (χ0) is 15.4. The molecule has 1 saturated heterocycles. The Morgan fingerprint density at radius 1 is 1.48 bits per heavy atom. The number of halogens is 1. The lowest BCUT2D eigenvalue weighted by Crippen LogP contribution is -2.50. The lowest BCUT2D eigenvalue weighted by atomic mass is 10.3. The smallest absolute Gasteiger partial charge is 0.274 e. The molecule has 0 saturated carbocycles. The number of anilines is 1. The molecule has 0 unspecified atom stereocenters. The molecule has 1 aliphatic rings. The maximum atomic E-state index is 12.5. The summed E-state index contributed by atoms with van der Waals surface area (Å²) in [5, 5.41) is 2.87. The average Bonchev–Trinajstić information content (AvgIpc) is 2.49. The molecule has 114 valence electrons. The van der Waals surface area contributed by atoms with Crippen molar-refractivity contribution >= 4 is 29.4 Å². The SMILES string of the molecule is CCN(CC)c1ncc(Cl)c(C(=O)N2CCNC(=O)C2)n1. The zero-order valence-corrected chi connectivity index (χ0v) is 12.9. The number of carbonyl (C=O) groups excluding carboxylic acids is 2. The third-order valence-electron chi connectivity index (χ3n) is 3.31. The van der Waals surface area contributed by atoms with Crippen LogP contribution in [0.4, 0.5) is 5.95 Å². The molecule has 2 heterocycles. The lowest BCUT2D eigenvalue weighted by molar-refractivity contribution is -0.123. The predicted octanol–water partition coefficient (Wildman–Crippen LogP) is 0.548. The van der Waals surface area contributed by atoms with E-state index in [1.54, 1.807) is 0 Å². The van der Waals surface area contributed by atoms with Crippen LogP contribution in [0.5, 0.6) is 0 Å². The van der Waals surface area contributed by atoms with Crippen LogP contribution < -0.4 is 10.2 Å². The first-order chi connectivity index (χ1) is 10.1. The third-order valence-corrected chi connectivity index (χ3v) is 3.58. The lowest BCUT2D eigenvalue weighted by Gasteiger charge is -2.27. The van der Waals surface area contributed by atoms with E-state index in [-0.39, 0.29) is 29.1 Å².